The van der Waals surface area contributed by atoms with Crippen LogP contribution in [0.5, 0.6) is 0 Å². The van der Waals surface area contributed by atoms with Gasteiger partial charge in [0.05, 0.1) is 4.90 Å². The molecule has 0 aromatic heterocycles. The molecule has 2 N–H and O–H groups in total. The van der Waals surface area contributed by atoms with E-state index in [0.29, 0.717) is 17.8 Å². The van der Waals surface area contributed by atoms with Crippen molar-refractivity contribution < 1.29 is 13.2 Å². The van der Waals surface area contributed by atoms with Crippen LogP contribution in [0, 0.1) is 0 Å². The summed E-state index contributed by atoms with van der Waals surface area (Å²) < 4.78 is 27.4. The zero-order valence-electron chi connectivity index (χ0n) is 14.4. The number of hydrogen-bond acceptors (Lipinski definition) is 4. The number of carbonyl (C=O) groups excluding carboxylic acids is 1. The maximum absolute atomic E-state index is 12.7. The first-order chi connectivity index (χ1) is 12.0. The van der Waals surface area contributed by atoms with Crippen LogP contribution in [0.1, 0.15) is 17.3 Å². The summed E-state index contributed by atoms with van der Waals surface area (Å²) in [6.45, 7) is 4.15. The second kappa shape index (κ2) is 8.53. The Bertz CT molecular complexity index is 859. The highest BCUT2D eigenvalue weighted by atomic mass is 35.5. The number of nitrogens with one attached hydrogen (secondary N) is 2. The maximum Gasteiger partial charge on any atom is 0.261 e. The predicted octanol–water partition coefficient (Wildman–Crippen LogP) is 2.34. The van der Waals surface area contributed by atoms with E-state index in [-0.39, 0.29) is 29.3 Å². The molecule has 0 spiro atoms. The zero-order valence-corrected chi connectivity index (χ0v) is 16.0. The Morgan fingerprint density at radius 2 is 1.88 bits per heavy atom. The fraction of sp³-hybridized carbons (Fsp3) is 0.278. The van der Waals surface area contributed by atoms with Gasteiger partial charge in [-0.1, -0.05) is 24.3 Å². The average molecular weight is 396 g/mol. The summed E-state index contributed by atoms with van der Waals surface area (Å²) in [7, 11) is -3.68. The number of carbonyl (C=O) groups is 1. The smallest absolute Gasteiger partial charge is 0.261 e. The summed E-state index contributed by atoms with van der Waals surface area (Å²) in [5.74, 6) is -0.0882. The number of anilines is 1. The molecular weight excluding hydrogens is 374 g/mol. The Morgan fingerprint density at radius 1 is 1.15 bits per heavy atom. The third-order valence-electron chi connectivity index (χ3n) is 4.18. The molecule has 1 atom stereocenters. The standard InChI is InChI=1S/C18H21N3O3S.ClH/c1-14-13-19-10-11-21(14)18(22)15-6-5-7-16(12-15)20-25(23,24)17-8-3-2-4-9-17;/h2-9,12,14,19-20H,10-11,13H2,1H3;1H/t14-;/m0./s1. The minimum Gasteiger partial charge on any atom is -0.333 e. The lowest BCUT2D eigenvalue weighted by atomic mass is 10.1. The molecule has 0 saturated carbocycles. The molecule has 1 fully saturated rings. The summed E-state index contributed by atoms with van der Waals surface area (Å²) in [5.41, 5.74) is 0.847. The SMILES string of the molecule is C[C@H]1CNCCN1C(=O)c1cccc(NS(=O)(=O)c2ccccc2)c1.Cl. The van der Waals surface area contributed by atoms with Crippen LogP contribution in [0.4, 0.5) is 5.69 Å². The molecule has 26 heavy (non-hydrogen) atoms. The van der Waals surface area contributed by atoms with Crippen molar-refractivity contribution in [2.24, 2.45) is 0 Å². The molecular formula is C18H22ClN3O3S. The van der Waals surface area contributed by atoms with Crippen LogP contribution >= 0.6 is 12.4 Å². The summed E-state index contributed by atoms with van der Waals surface area (Å²) in [5, 5.41) is 3.25. The van der Waals surface area contributed by atoms with Crippen LogP contribution in [0.25, 0.3) is 0 Å². The summed E-state index contributed by atoms with van der Waals surface area (Å²) in [6.07, 6.45) is 0. The normalized spacial score (nSPS) is 17.3. The van der Waals surface area contributed by atoms with Gasteiger partial charge in [-0.25, -0.2) is 8.42 Å². The van der Waals surface area contributed by atoms with Gasteiger partial charge in [0.25, 0.3) is 15.9 Å². The highest BCUT2D eigenvalue weighted by Gasteiger charge is 2.24. The van der Waals surface area contributed by atoms with Crippen molar-refractivity contribution >= 4 is 34.0 Å². The maximum atomic E-state index is 12.7. The van der Waals surface area contributed by atoms with Crippen molar-refractivity contribution in [2.45, 2.75) is 17.9 Å². The molecule has 0 radical (unpaired) electrons. The van der Waals surface area contributed by atoms with Gasteiger partial charge >= 0.3 is 0 Å². The first-order valence-corrected chi connectivity index (χ1v) is 9.65. The Labute approximate surface area is 160 Å². The second-order valence-corrected chi connectivity index (χ2v) is 7.73. The van der Waals surface area contributed by atoms with Crippen molar-refractivity contribution in [2.75, 3.05) is 24.4 Å². The first-order valence-electron chi connectivity index (χ1n) is 8.17. The Hall–Kier alpha value is -2.09. The molecule has 1 aliphatic heterocycles. The van der Waals surface area contributed by atoms with Gasteiger partial charge in [0.15, 0.2) is 0 Å². The molecule has 2 aromatic rings. The third-order valence-corrected chi connectivity index (χ3v) is 5.57. The van der Waals surface area contributed by atoms with Gasteiger partial charge in [0, 0.05) is 36.9 Å². The van der Waals surface area contributed by atoms with Gasteiger partial charge in [-0.2, -0.15) is 0 Å². The molecule has 1 aliphatic rings. The average Bonchev–Trinajstić information content (AvgIpc) is 2.62. The van der Waals surface area contributed by atoms with Crippen LogP contribution in [0.15, 0.2) is 59.5 Å². The highest BCUT2D eigenvalue weighted by molar-refractivity contribution is 7.92. The number of sulfonamides is 1. The molecule has 8 heteroatoms. The number of halogens is 1. The lowest BCUT2D eigenvalue weighted by molar-refractivity contribution is 0.0656. The van der Waals surface area contributed by atoms with Crippen molar-refractivity contribution in [3.8, 4) is 0 Å². The minimum atomic E-state index is -3.68. The van der Waals surface area contributed by atoms with Crippen molar-refractivity contribution in [3.63, 3.8) is 0 Å². The first kappa shape index (κ1) is 20.2. The Balaban J connectivity index is 0.00000243. The Morgan fingerprint density at radius 3 is 2.58 bits per heavy atom. The molecule has 0 unspecified atom stereocenters. The highest BCUT2D eigenvalue weighted by Crippen LogP contribution is 2.19. The van der Waals surface area contributed by atoms with E-state index in [1.165, 1.54) is 12.1 Å². The summed E-state index contributed by atoms with van der Waals surface area (Å²) >= 11 is 0. The van der Waals surface area contributed by atoms with Crippen LogP contribution in [-0.2, 0) is 10.0 Å². The topological polar surface area (TPSA) is 78.5 Å². The number of piperazine rings is 1. The number of hydrogen-bond donors (Lipinski definition) is 2. The lowest BCUT2D eigenvalue weighted by Crippen LogP contribution is -2.52. The van der Waals surface area contributed by atoms with E-state index >= 15 is 0 Å². The summed E-state index contributed by atoms with van der Waals surface area (Å²) in [4.78, 5) is 14.7. The molecule has 1 heterocycles. The fourth-order valence-corrected chi connectivity index (χ4v) is 3.91. The minimum absolute atomic E-state index is 0. The van der Waals surface area contributed by atoms with E-state index < -0.39 is 10.0 Å². The van der Waals surface area contributed by atoms with E-state index in [2.05, 4.69) is 10.0 Å². The van der Waals surface area contributed by atoms with E-state index in [1.54, 1.807) is 47.4 Å². The Kier molecular flexibility index (Phi) is 6.63. The van der Waals surface area contributed by atoms with Crippen molar-refractivity contribution in [1.29, 1.82) is 0 Å². The molecule has 0 aliphatic carbocycles. The lowest BCUT2D eigenvalue weighted by Gasteiger charge is -2.34. The van der Waals surface area contributed by atoms with Gasteiger partial charge in [0.2, 0.25) is 0 Å². The number of rotatable bonds is 4. The van der Waals surface area contributed by atoms with Crippen LogP contribution in [0.3, 0.4) is 0 Å². The fourth-order valence-electron chi connectivity index (χ4n) is 2.84. The van der Waals surface area contributed by atoms with Gasteiger partial charge < -0.3 is 10.2 Å². The molecule has 2 aromatic carbocycles. The van der Waals surface area contributed by atoms with E-state index in [0.717, 1.165) is 13.1 Å². The number of amides is 1. The van der Waals surface area contributed by atoms with Gasteiger partial charge in [-0.3, -0.25) is 9.52 Å². The second-order valence-electron chi connectivity index (χ2n) is 6.05. The monoisotopic (exact) mass is 395 g/mol. The van der Waals surface area contributed by atoms with Crippen LogP contribution < -0.4 is 10.0 Å². The molecule has 0 bridgehead atoms. The number of nitrogens with zero attached hydrogens (tertiary/aromatic N) is 1. The van der Waals surface area contributed by atoms with Crippen molar-refractivity contribution in [1.82, 2.24) is 10.2 Å². The van der Waals surface area contributed by atoms with Gasteiger partial charge in [0.1, 0.15) is 0 Å². The number of benzene rings is 2. The largest absolute Gasteiger partial charge is 0.333 e. The molecule has 3 rings (SSSR count). The molecule has 140 valence electrons. The predicted molar refractivity (Wildman–Crippen MR) is 104 cm³/mol. The van der Waals surface area contributed by atoms with Crippen molar-refractivity contribution in [3.05, 3.63) is 60.2 Å². The van der Waals surface area contributed by atoms with Crippen LogP contribution in [-0.4, -0.2) is 44.9 Å². The quantitative estimate of drug-likeness (QED) is 0.832. The van der Waals surface area contributed by atoms with E-state index in [4.69, 9.17) is 0 Å². The molecule has 6 nitrogen and oxygen atoms in total. The van der Waals surface area contributed by atoms with Crippen LogP contribution in [0.2, 0.25) is 0 Å². The van der Waals surface area contributed by atoms with E-state index in [9.17, 15) is 13.2 Å². The molecule has 1 saturated heterocycles. The summed E-state index contributed by atoms with van der Waals surface area (Å²) in [6, 6.07) is 14.9. The zero-order chi connectivity index (χ0) is 17.9. The third kappa shape index (κ3) is 4.55. The van der Waals surface area contributed by atoms with Gasteiger partial charge in [-0.05, 0) is 37.3 Å². The van der Waals surface area contributed by atoms with Gasteiger partial charge in [-0.15, -0.1) is 12.4 Å². The molecule has 1 amide bonds. The van der Waals surface area contributed by atoms with E-state index in [1.807, 2.05) is 6.92 Å².